The fraction of sp³-hybridized carbons (Fsp3) is 0.143. The zero-order chi connectivity index (χ0) is 15.4. The van der Waals surface area contributed by atoms with Crippen LogP contribution in [0.25, 0.3) is 0 Å². The maximum Gasteiger partial charge on any atom is 0.341 e. The Balaban J connectivity index is 2.39. The Morgan fingerprint density at radius 2 is 2.19 bits per heavy atom. The molecule has 7 heteroatoms. The zero-order valence-corrected chi connectivity index (χ0v) is 11.7. The molecule has 0 atom stereocenters. The van der Waals surface area contributed by atoms with Crippen molar-refractivity contribution < 1.29 is 18.3 Å². The first-order chi connectivity index (χ1) is 10.0. The second kappa shape index (κ2) is 6.49. The van der Waals surface area contributed by atoms with Gasteiger partial charge in [-0.2, -0.15) is 0 Å². The fourth-order valence-corrected chi connectivity index (χ4v) is 1.91. The van der Waals surface area contributed by atoms with Crippen molar-refractivity contribution in [2.75, 3.05) is 11.9 Å². The molecule has 0 aliphatic rings. The van der Waals surface area contributed by atoms with Crippen LogP contribution in [-0.2, 0) is 4.74 Å². The number of benzene rings is 1. The molecule has 0 spiro atoms. The quantitative estimate of drug-likeness (QED) is 0.869. The van der Waals surface area contributed by atoms with E-state index in [1.165, 1.54) is 18.5 Å². The molecule has 4 nitrogen and oxygen atoms in total. The summed E-state index contributed by atoms with van der Waals surface area (Å²) in [5.41, 5.74) is 0.254. The average Bonchev–Trinajstić information content (AvgIpc) is 2.43. The Kier molecular flexibility index (Phi) is 4.70. The summed E-state index contributed by atoms with van der Waals surface area (Å²) in [6.45, 7) is 1.86. The number of aromatic nitrogens is 1. The maximum atomic E-state index is 13.8. The summed E-state index contributed by atoms with van der Waals surface area (Å²) in [6, 6.07) is 3.13. The highest BCUT2D eigenvalue weighted by Crippen LogP contribution is 2.30. The van der Waals surface area contributed by atoms with Gasteiger partial charge in [-0.3, -0.25) is 4.98 Å². The van der Waals surface area contributed by atoms with Crippen LogP contribution in [0.15, 0.2) is 30.6 Å². The van der Waals surface area contributed by atoms with Crippen molar-refractivity contribution in [3.63, 3.8) is 0 Å². The Morgan fingerprint density at radius 3 is 2.86 bits per heavy atom. The first kappa shape index (κ1) is 15.2. The summed E-state index contributed by atoms with van der Waals surface area (Å²) in [5.74, 6) is -2.26. The molecule has 2 rings (SSSR count). The molecular formula is C14H11ClF2N2O2. The molecule has 110 valence electrons. The van der Waals surface area contributed by atoms with Crippen LogP contribution in [0.2, 0.25) is 5.02 Å². The fourth-order valence-electron chi connectivity index (χ4n) is 1.67. The zero-order valence-electron chi connectivity index (χ0n) is 11.0. The Labute approximate surface area is 124 Å². The molecule has 0 fully saturated rings. The number of halogens is 3. The van der Waals surface area contributed by atoms with E-state index >= 15 is 0 Å². The number of anilines is 2. The van der Waals surface area contributed by atoms with Crippen molar-refractivity contribution in [3.05, 3.63) is 52.8 Å². The maximum absolute atomic E-state index is 13.8. The summed E-state index contributed by atoms with van der Waals surface area (Å²) < 4.78 is 31.7. The van der Waals surface area contributed by atoms with Gasteiger partial charge in [0.1, 0.15) is 11.4 Å². The van der Waals surface area contributed by atoms with Gasteiger partial charge in [0.05, 0.1) is 23.0 Å². The minimum absolute atomic E-state index is 0.124. The summed E-state index contributed by atoms with van der Waals surface area (Å²) in [7, 11) is 0. The van der Waals surface area contributed by atoms with Crippen molar-refractivity contribution in [1.82, 2.24) is 4.98 Å². The number of carbonyl (C=O) groups excluding carboxylic acids is 1. The van der Waals surface area contributed by atoms with Crippen LogP contribution in [0, 0.1) is 11.6 Å². The monoisotopic (exact) mass is 312 g/mol. The van der Waals surface area contributed by atoms with Crippen LogP contribution >= 0.6 is 11.6 Å². The van der Waals surface area contributed by atoms with Crippen LogP contribution in [0.5, 0.6) is 0 Å². The first-order valence-electron chi connectivity index (χ1n) is 6.05. The number of ether oxygens (including phenoxy) is 1. The van der Waals surface area contributed by atoms with Crippen molar-refractivity contribution in [2.24, 2.45) is 0 Å². The van der Waals surface area contributed by atoms with Gasteiger partial charge in [0.25, 0.3) is 0 Å². The van der Waals surface area contributed by atoms with Crippen molar-refractivity contribution in [1.29, 1.82) is 0 Å². The minimum Gasteiger partial charge on any atom is -0.462 e. The highest BCUT2D eigenvalue weighted by molar-refractivity contribution is 6.33. The number of hydrogen-bond acceptors (Lipinski definition) is 4. The van der Waals surface area contributed by atoms with E-state index in [-0.39, 0.29) is 28.6 Å². The molecule has 1 aromatic heterocycles. The molecule has 0 saturated carbocycles. The molecule has 0 bridgehead atoms. The topological polar surface area (TPSA) is 51.2 Å². The van der Waals surface area contributed by atoms with Gasteiger partial charge in [-0.25, -0.2) is 13.6 Å². The number of hydrogen-bond donors (Lipinski definition) is 1. The molecule has 1 heterocycles. The van der Waals surface area contributed by atoms with Crippen molar-refractivity contribution in [2.45, 2.75) is 6.92 Å². The largest absolute Gasteiger partial charge is 0.462 e. The third-order valence-corrected chi connectivity index (χ3v) is 2.88. The van der Waals surface area contributed by atoms with Crippen LogP contribution in [0.1, 0.15) is 17.3 Å². The Morgan fingerprint density at radius 1 is 1.43 bits per heavy atom. The number of nitrogens with zero attached hydrogens (tertiary/aromatic N) is 1. The van der Waals surface area contributed by atoms with E-state index in [4.69, 9.17) is 16.3 Å². The molecule has 0 unspecified atom stereocenters. The Hall–Kier alpha value is -2.21. The van der Waals surface area contributed by atoms with E-state index in [0.717, 1.165) is 6.07 Å². The number of nitrogens with one attached hydrogen (secondary N) is 1. The molecular weight excluding hydrogens is 302 g/mol. The lowest BCUT2D eigenvalue weighted by molar-refractivity contribution is 0.0527. The summed E-state index contributed by atoms with van der Waals surface area (Å²) in [4.78, 5) is 15.6. The van der Waals surface area contributed by atoms with Gasteiger partial charge in [-0.15, -0.1) is 0 Å². The van der Waals surface area contributed by atoms with Gasteiger partial charge in [-0.1, -0.05) is 11.6 Å². The normalized spacial score (nSPS) is 10.3. The molecule has 21 heavy (non-hydrogen) atoms. The molecule has 1 N–H and O–H groups in total. The standard InChI is InChI=1S/C14H11ClF2N2O2/c1-2-21-14(20)9-7-18-4-3-12(9)19-13-10(15)5-8(16)6-11(13)17/h3-7H,2H2,1H3,(H,18,19). The van der Waals surface area contributed by atoms with E-state index < -0.39 is 17.6 Å². The molecule has 0 radical (unpaired) electrons. The third-order valence-electron chi connectivity index (χ3n) is 2.58. The van der Waals surface area contributed by atoms with E-state index in [9.17, 15) is 13.6 Å². The third kappa shape index (κ3) is 3.46. The van der Waals surface area contributed by atoms with Gasteiger partial charge in [0, 0.05) is 18.5 Å². The first-order valence-corrected chi connectivity index (χ1v) is 6.43. The van der Waals surface area contributed by atoms with E-state index in [0.29, 0.717) is 6.07 Å². The van der Waals surface area contributed by atoms with Crippen LogP contribution in [0.4, 0.5) is 20.2 Å². The number of rotatable bonds is 4. The predicted octanol–water partition coefficient (Wildman–Crippen LogP) is 3.93. The van der Waals surface area contributed by atoms with Crippen LogP contribution < -0.4 is 5.32 Å². The average molecular weight is 313 g/mol. The summed E-state index contributed by atoms with van der Waals surface area (Å²) in [6.07, 6.45) is 2.70. The molecule has 0 aliphatic carbocycles. The molecule has 0 aliphatic heterocycles. The summed E-state index contributed by atoms with van der Waals surface area (Å²) in [5, 5.41) is 2.52. The summed E-state index contributed by atoms with van der Waals surface area (Å²) >= 11 is 5.80. The van der Waals surface area contributed by atoms with Gasteiger partial charge in [0.15, 0.2) is 5.82 Å². The SMILES string of the molecule is CCOC(=O)c1cnccc1Nc1c(F)cc(F)cc1Cl. The lowest BCUT2D eigenvalue weighted by Crippen LogP contribution is -2.09. The smallest absolute Gasteiger partial charge is 0.341 e. The van der Waals surface area contributed by atoms with Crippen molar-refractivity contribution in [3.8, 4) is 0 Å². The van der Waals surface area contributed by atoms with E-state index in [2.05, 4.69) is 10.3 Å². The lowest BCUT2D eigenvalue weighted by Gasteiger charge is -2.12. The highest BCUT2D eigenvalue weighted by atomic mass is 35.5. The van der Waals surface area contributed by atoms with Crippen LogP contribution in [-0.4, -0.2) is 17.6 Å². The van der Waals surface area contributed by atoms with Crippen LogP contribution in [0.3, 0.4) is 0 Å². The minimum atomic E-state index is -0.869. The van der Waals surface area contributed by atoms with Gasteiger partial charge in [0.2, 0.25) is 0 Å². The second-order valence-corrected chi connectivity index (χ2v) is 4.42. The van der Waals surface area contributed by atoms with E-state index in [1.807, 2.05) is 0 Å². The van der Waals surface area contributed by atoms with Crippen molar-refractivity contribution >= 4 is 28.9 Å². The Bertz CT molecular complexity index is 657. The van der Waals surface area contributed by atoms with Gasteiger partial charge >= 0.3 is 5.97 Å². The second-order valence-electron chi connectivity index (χ2n) is 4.01. The van der Waals surface area contributed by atoms with Gasteiger partial charge in [-0.05, 0) is 19.1 Å². The molecule has 0 amide bonds. The lowest BCUT2D eigenvalue weighted by atomic mass is 10.2. The van der Waals surface area contributed by atoms with Gasteiger partial charge < -0.3 is 10.1 Å². The predicted molar refractivity (Wildman–Crippen MR) is 74.8 cm³/mol. The molecule has 0 saturated heterocycles. The number of pyridine rings is 1. The number of esters is 1. The highest BCUT2D eigenvalue weighted by Gasteiger charge is 2.16. The molecule has 2 aromatic rings. The molecule has 1 aromatic carbocycles. The van der Waals surface area contributed by atoms with E-state index in [1.54, 1.807) is 6.92 Å². The number of carbonyl (C=O) groups is 1.